The molecule has 0 aliphatic carbocycles. The zero-order valence-corrected chi connectivity index (χ0v) is 14.8. The predicted octanol–water partition coefficient (Wildman–Crippen LogP) is 4.98. The van der Waals surface area contributed by atoms with Crippen molar-refractivity contribution in [2.75, 3.05) is 0 Å². The van der Waals surface area contributed by atoms with Crippen LogP contribution in [0.4, 0.5) is 0 Å². The number of hydrogen-bond acceptors (Lipinski definition) is 1. The fraction of sp³-hybridized carbons (Fsp3) is 0.889. The second-order valence-electron chi connectivity index (χ2n) is 4.15. The molecule has 1 nitrogen and oxygen atoms in total. The molecule has 0 aliphatic heterocycles. The van der Waals surface area contributed by atoms with Crippen molar-refractivity contribution < 1.29 is 4.79 Å². The van der Waals surface area contributed by atoms with Crippen molar-refractivity contribution in [2.24, 2.45) is 5.41 Å². The van der Waals surface area contributed by atoms with Gasteiger partial charge in [-0.2, -0.15) is 0 Å². The minimum Gasteiger partial charge on any atom is -0.300 e. The Kier molecular flexibility index (Phi) is 6.44. The minimum absolute atomic E-state index is 0.0353. The molecule has 0 amide bonds. The number of carbonyl (C=O) groups is 1. The van der Waals surface area contributed by atoms with Crippen LogP contribution in [0.2, 0.25) is 0 Å². The highest BCUT2D eigenvalue weighted by atomic mass is 80.0. The van der Waals surface area contributed by atoms with E-state index in [0.717, 1.165) is 6.42 Å². The zero-order chi connectivity index (χ0) is 11.6. The summed E-state index contributed by atoms with van der Waals surface area (Å²) in [7, 11) is 0. The molecule has 5 heteroatoms. The molecule has 0 rings (SSSR count). The molecule has 0 bridgehead atoms. The van der Waals surface area contributed by atoms with Gasteiger partial charge in [0.2, 0.25) is 0 Å². The molecule has 84 valence electrons. The Labute approximate surface area is 119 Å². The topological polar surface area (TPSA) is 17.1 Å². The lowest BCUT2D eigenvalue weighted by molar-refractivity contribution is -0.118. The molecule has 0 spiro atoms. The van der Waals surface area contributed by atoms with Crippen LogP contribution in [0.15, 0.2) is 0 Å². The second kappa shape index (κ2) is 5.78. The summed E-state index contributed by atoms with van der Waals surface area (Å²) in [6.07, 6.45) is 1.43. The zero-order valence-electron chi connectivity index (χ0n) is 8.41. The van der Waals surface area contributed by atoms with Crippen LogP contribution in [0.25, 0.3) is 0 Å². The van der Waals surface area contributed by atoms with Gasteiger partial charge in [-0.3, -0.25) is 0 Å². The lowest BCUT2D eigenvalue weighted by Crippen LogP contribution is -2.29. The number of rotatable bonds is 4. The first-order valence-corrected chi connectivity index (χ1v) is 7.54. The van der Waals surface area contributed by atoms with Gasteiger partial charge in [-0.1, -0.05) is 77.6 Å². The van der Waals surface area contributed by atoms with Crippen molar-refractivity contribution in [3.8, 4) is 0 Å². The number of Topliss-reactive ketones (excluding diaryl/α,β-unsaturated/α-hetero) is 1. The first-order valence-electron chi connectivity index (χ1n) is 4.25. The van der Waals surface area contributed by atoms with E-state index in [9.17, 15) is 4.79 Å². The molecular formula is C9H14Br4O. The molecule has 0 aromatic heterocycles. The highest BCUT2D eigenvalue weighted by molar-refractivity contribution is 9.39. The van der Waals surface area contributed by atoms with Gasteiger partial charge in [0, 0.05) is 11.2 Å². The van der Waals surface area contributed by atoms with Gasteiger partial charge < -0.3 is 4.79 Å². The van der Waals surface area contributed by atoms with E-state index in [1.54, 1.807) is 6.92 Å². The standard InChI is InChI=1S/C9H14Br4O/c1-6(14)4-8(2,3)7(10)5-9(11,12)13/h7H,4-5H2,1-3H3. The van der Waals surface area contributed by atoms with Crippen LogP contribution >= 0.6 is 63.7 Å². The molecule has 0 saturated carbocycles. The molecule has 0 aromatic carbocycles. The summed E-state index contributed by atoms with van der Waals surface area (Å²) in [4.78, 5) is 11.3. The van der Waals surface area contributed by atoms with Crippen LogP contribution in [0.3, 0.4) is 0 Å². The molecule has 14 heavy (non-hydrogen) atoms. The van der Waals surface area contributed by atoms with Crippen molar-refractivity contribution in [1.82, 2.24) is 0 Å². The summed E-state index contributed by atoms with van der Waals surface area (Å²) in [5.74, 6) is 0.226. The summed E-state index contributed by atoms with van der Waals surface area (Å²) in [6, 6.07) is 0. The predicted molar refractivity (Wildman–Crippen MR) is 75.9 cm³/mol. The summed E-state index contributed by atoms with van der Waals surface area (Å²) >= 11 is 14.0. The summed E-state index contributed by atoms with van der Waals surface area (Å²) < 4.78 is -0.255. The third kappa shape index (κ3) is 6.96. The highest BCUT2D eigenvalue weighted by Crippen LogP contribution is 2.44. The molecule has 0 aliphatic rings. The molecule has 0 aromatic rings. The SMILES string of the molecule is CC(=O)CC(C)(C)C(Br)CC(Br)(Br)Br. The van der Waals surface area contributed by atoms with E-state index in [-0.39, 0.29) is 18.2 Å². The molecular weight excluding hydrogens is 444 g/mol. The smallest absolute Gasteiger partial charge is 0.136 e. The third-order valence-corrected chi connectivity index (χ3v) is 4.50. The van der Waals surface area contributed by atoms with Crippen LogP contribution in [-0.4, -0.2) is 12.8 Å². The normalized spacial score (nSPS) is 15.4. The summed E-state index contributed by atoms with van der Waals surface area (Å²) in [6.45, 7) is 5.81. The monoisotopic (exact) mass is 454 g/mol. The molecule has 0 radical (unpaired) electrons. The van der Waals surface area contributed by atoms with Crippen molar-refractivity contribution in [3.05, 3.63) is 0 Å². The average Bonchev–Trinajstić information content (AvgIpc) is 1.79. The molecule has 0 saturated heterocycles. The van der Waals surface area contributed by atoms with E-state index >= 15 is 0 Å². The van der Waals surface area contributed by atoms with E-state index in [4.69, 9.17) is 0 Å². The van der Waals surface area contributed by atoms with Gasteiger partial charge in [-0.05, 0) is 18.8 Å². The molecule has 0 fully saturated rings. The van der Waals surface area contributed by atoms with Crippen molar-refractivity contribution >= 4 is 69.5 Å². The number of ketones is 1. The van der Waals surface area contributed by atoms with Gasteiger partial charge in [0.25, 0.3) is 0 Å². The van der Waals surface area contributed by atoms with Gasteiger partial charge >= 0.3 is 0 Å². The largest absolute Gasteiger partial charge is 0.300 e. The fourth-order valence-electron chi connectivity index (χ4n) is 1.23. The van der Waals surface area contributed by atoms with E-state index in [1.165, 1.54) is 0 Å². The van der Waals surface area contributed by atoms with Crippen molar-refractivity contribution in [3.63, 3.8) is 0 Å². The van der Waals surface area contributed by atoms with Crippen molar-refractivity contribution in [1.29, 1.82) is 0 Å². The number of carbonyl (C=O) groups excluding carboxylic acids is 1. The van der Waals surface area contributed by atoms with E-state index < -0.39 is 0 Å². The Morgan fingerprint density at radius 1 is 1.29 bits per heavy atom. The Morgan fingerprint density at radius 3 is 2.00 bits per heavy atom. The van der Waals surface area contributed by atoms with Crippen molar-refractivity contribution in [2.45, 2.75) is 40.6 Å². The van der Waals surface area contributed by atoms with Crippen LogP contribution in [0, 0.1) is 5.41 Å². The Bertz CT molecular complexity index is 207. The maximum absolute atomic E-state index is 11.1. The van der Waals surface area contributed by atoms with Gasteiger partial charge in [-0.25, -0.2) is 0 Å². The number of alkyl halides is 4. The molecule has 1 atom stereocenters. The third-order valence-electron chi connectivity index (χ3n) is 1.96. The van der Waals surface area contributed by atoms with Crippen LogP contribution < -0.4 is 0 Å². The maximum Gasteiger partial charge on any atom is 0.136 e. The molecule has 0 heterocycles. The van der Waals surface area contributed by atoms with Gasteiger partial charge in [0.15, 0.2) is 0 Å². The number of halogens is 4. The summed E-state index contributed by atoms with van der Waals surface area (Å²) in [5, 5.41) is 0. The first kappa shape index (κ1) is 15.6. The Hall–Kier alpha value is 1.59. The molecule has 0 N–H and O–H groups in total. The van der Waals surface area contributed by atoms with Crippen LogP contribution in [0.5, 0.6) is 0 Å². The lowest BCUT2D eigenvalue weighted by atomic mass is 9.83. The van der Waals surface area contributed by atoms with Crippen LogP contribution in [-0.2, 0) is 4.79 Å². The quantitative estimate of drug-likeness (QED) is 0.544. The van der Waals surface area contributed by atoms with Gasteiger partial charge in [-0.15, -0.1) is 0 Å². The van der Waals surface area contributed by atoms with E-state index in [1.807, 2.05) is 0 Å². The minimum atomic E-state index is -0.255. The fourth-order valence-corrected chi connectivity index (χ4v) is 4.15. The Morgan fingerprint density at radius 2 is 1.71 bits per heavy atom. The Balaban J connectivity index is 4.35. The van der Waals surface area contributed by atoms with E-state index in [0.29, 0.717) is 6.42 Å². The van der Waals surface area contributed by atoms with Gasteiger partial charge in [0.05, 0.1) is 0 Å². The van der Waals surface area contributed by atoms with E-state index in [2.05, 4.69) is 77.6 Å². The van der Waals surface area contributed by atoms with Crippen LogP contribution in [0.1, 0.15) is 33.6 Å². The summed E-state index contributed by atoms with van der Waals surface area (Å²) in [5.41, 5.74) is -0.0353. The maximum atomic E-state index is 11.1. The highest BCUT2D eigenvalue weighted by Gasteiger charge is 2.33. The lowest BCUT2D eigenvalue weighted by Gasteiger charge is -2.31. The number of hydrogen-bond donors (Lipinski definition) is 0. The molecule has 1 unspecified atom stereocenters. The second-order valence-corrected chi connectivity index (χ2v) is 12.5. The average molecular weight is 458 g/mol. The first-order chi connectivity index (χ1) is 6.04. The van der Waals surface area contributed by atoms with Gasteiger partial charge in [0.1, 0.15) is 7.93 Å².